The molecule has 1 aromatic carbocycles. The number of alkyl halides is 3. The number of sulfonamides is 1. The van der Waals surface area contributed by atoms with Crippen molar-refractivity contribution in [2.75, 3.05) is 5.73 Å². The number of halogens is 4. The summed E-state index contributed by atoms with van der Waals surface area (Å²) in [6, 6.07) is 11.4. The molecule has 5 rings (SSSR count). The number of aliphatic hydroxyl groups is 1. The van der Waals surface area contributed by atoms with Crippen LogP contribution in [-0.4, -0.2) is 34.9 Å². The summed E-state index contributed by atoms with van der Waals surface area (Å²) in [7, 11) is -3.68. The minimum Gasteiger partial charge on any atom is -0.384 e. The predicted octanol–water partition coefficient (Wildman–Crippen LogP) is 5.53. The monoisotopic (exact) mass is 582 g/mol. The normalized spacial score (nSPS) is 16.9. The number of pyridine rings is 2. The molecule has 1 unspecified atom stereocenters. The second-order valence-corrected chi connectivity index (χ2v) is 12.8. The molecule has 38 heavy (non-hydrogen) atoms. The standard InChI is InChI=1S/C25H22ClF3N4O3S2/c1-24(34,25(27,28)29)14-9-10-31-18(12-14)16-4-2-3-13-11-19(37-23(13)16)22(33-38(35,36)15-5-6-15)21-17(26)7-8-20(30)32-21/h2-4,7-12,15,22,33-34H,5-6H2,1H3,(H2,30,32)/t22-,24?/m0/s1. The number of thiophene rings is 1. The summed E-state index contributed by atoms with van der Waals surface area (Å²) in [4.78, 5) is 9.12. The van der Waals surface area contributed by atoms with E-state index in [0.717, 1.165) is 6.07 Å². The van der Waals surface area contributed by atoms with Crippen molar-refractivity contribution in [1.29, 1.82) is 0 Å². The maximum absolute atomic E-state index is 13.5. The molecule has 1 saturated carbocycles. The van der Waals surface area contributed by atoms with Crippen LogP contribution < -0.4 is 10.5 Å². The van der Waals surface area contributed by atoms with Crippen LogP contribution in [0.5, 0.6) is 0 Å². The minimum atomic E-state index is -4.89. The van der Waals surface area contributed by atoms with E-state index in [1.54, 1.807) is 30.3 Å². The van der Waals surface area contributed by atoms with Gasteiger partial charge in [-0.05, 0) is 61.0 Å². The van der Waals surface area contributed by atoms with Crippen molar-refractivity contribution in [3.05, 3.63) is 75.9 Å². The SMILES string of the molecule is CC(O)(c1ccnc(-c2cccc3cc([C@H](NS(=O)(=O)C4CC4)c4nc(N)ccc4Cl)sc23)c1)C(F)(F)F. The Hall–Kier alpha value is -2.77. The summed E-state index contributed by atoms with van der Waals surface area (Å²) in [5.41, 5.74) is 3.45. The van der Waals surface area contributed by atoms with E-state index in [-0.39, 0.29) is 27.8 Å². The zero-order chi connectivity index (χ0) is 27.5. The average molecular weight is 583 g/mol. The highest BCUT2D eigenvalue weighted by atomic mass is 35.5. The van der Waals surface area contributed by atoms with Gasteiger partial charge in [-0.25, -0.2) is 18.1 Å². The molecule has 3 heterocycles. The van der Waals surface area contributed by atoms with Gasteiger partial charge in [0.25, 0.3) is 0 Å². The second-order valence-electron chi connectivity index (χ2n) is 9.27. The van der Waals surface area contributed by atoms with Gasteiger partial charge in [-0.15, -0.1) is 11.3 Å². The van der Waals surface area contributed by atoms with Gasteiger partial charge in [0.1, 0.15) is 5.82 Å². The lowest BCUT2D eigenvalue weighted by Gasteiger charge is -2.26. The van der Waals surface area contributed by atoms with Crippen LogP contribution in [0.3, 0.4) is 0 Å². The van der Waals surface area contributed by atoms with E-state index < -0.39 is 33.1 Å². The molecule has 4 N–H and O–H groups in total. The molecular formula is C25H22ClF3N4O3S2. The third-order valence-electron chi connectivity index (χ3n) is 6.41. The molecule has 0 amide bonds. The van der Waals surface area contributed by atoms with Crippen LogP contribution in [0.2, 0.25) is 5.02 Å². The van der Waals surface area contributed by atoms with Crippen LogP contribution in [0.1, 0.15) is 41.9 Å². The number of fused-ring (bicyclic) bond motifs is 1. The Kier molecular flexibility index (Phi) is 6.67. The highest BCUT2D eigenvalue weighted by molar-refractivity contribution is 7.90. The van der Waals surface area contributed by atoms with Crippen molar-refractivity contribution in [3.8, 4) is 11.3 Å². The molecule has 0 spiro atoms. The molecule has 7 nitrogen and oxygen atoms in total. The van der Waals surface area contributed by atoms with Crippen molar-refractivity contribution in [1.82, 2.24) is 14.7 Å². The molecule has 0 bridgehead atoms. The molecule has 1 aliphatic rings. The predicted molar refractivity (Wildman–Crippen MR) is 141 cm³/mol. The summed E-state index contributed by atoms with van der Waals surface area (Å²) in [5, 5.41) is 10.6. The maximum atomic E-state index is 13.5. The third-order valence-corrected chi connectivity index (χ3v) is 9.89. The van der Waals surface area contributed by atoms with Gasteiger partial charge < -0.3 is 10.8 Å². The Bertz CT molecular complexity index is 1640. The Morgan fingerprint density at radius 2 is 1.92 bits per heavy atom. The van der Waals surface area contributed by atoms with E-state index in [2.05, 4.69) is 14.7 Å². The number of hydrogen-bond acceptors (Lipinski definition) is 7. The first-order valence-corrected chi connectivity index (χ1v) is 14.2. The molecule has 2 atom stereocenters. The van der Waals surface area contributed by atoms with E-state index in [1.807, 2.05) is 0 Å². The highest BCUT2D eigenvalue weighted by Crippen LogP contribution is 2.43. The molecule has 3 aromatic heterocycles. The fraction of sp³-hybridized carbons (Fsp3) is 0.280. The van der Waals surface area contributed by atoms with Crippen LogP contribution >= 0.6 is 22.9 Å². The second kappa shape index (κ2) is 9.45. The fourth-order valence-electron chi connectivity index (χ4n) is 4.03. The lowest BCUT2D eigenvalue weighted by Crippen LogP contribution is -2.39. The van der Waals surface area contributed by atoms with Crippen LogP contribution in [0.15, 0.2) is 54.7 Å². The first kappa shape index (κ1) is 26.8. The zero-order valence-electron chi connectivity index (χ0n) is 19.8. The van der Waals surface area contributed by atoms with Gasteiger partial charge in [0, 0.05) is 21.3 Å². The molecular weight excluding hydrogens is 561 g/mol. The quantitative estimate of drug-likeness (QED) is 0.263. The Balaban J connectivity index is 1.63. The summed E-state index contributed by atoms with van der Waals surface area (Å²) < 4.78 is 69.6. The number of hydrogen-bond donors (Lipinski definition) is 3. The first-order valence-electron chi connectivity index (χ1n) is 11.5. The van der Waals surface area contributed by atoms with Gasteiger partial charge in [0.2, 0.25) is 10.0 Å². The van der Waals surface area contributed by atoms with E-state index in [0.29, 0.717) is 40.3 Å². The molecule has 0 radical (unpaired) electrons. The lowest BCUT2D eigenvalue weighted by molar-refractivity contribution is -0.258. The van der Waals surface area contributed by atoms with E-state index >= 15 is 0 Å². The van der Waals surface area contributed by atoms with Gasteiger partial charge in [-0.1, -0.05) is 29.8 Å². The number of nitrogens with two attached hydrogens (primary N) is 1. The van der Waals surface area contributed by atoms with Gasteiger partial charge in [0.15, 0.2) is 5.60 Å². The van der Waals surface area contributed by atoms with Crippen molar-refractivity contribution in [2.24, 2.45) is 0 Å². The summed E-state index contributed by atoms with van der Waals surface area (Å²) in [6.45, 7) is 0.689. The van der Waals surface area contributed by atoms with Crippen LogP contribution in [0.4, 0.5) is 19.0 Å². The number of nitrogen functional groups attached to an aromatic ring is 1. The lowest BCUT2D eigenvalue weighted by atomic mass is 9.94. The van der Waals surface area contributed by atoms with Crippen molar-refractivity contribution in [3.63, 3.8) is 0 Å². The van der Waals surface area contributed by atoms with Gasteiger partial charge in [0.05, 0.1) is 27.7 Å². The fourth-order valence-corrected chi connectivity index (χ4v) is 7.08. The van der Waals surface area contributed by atoms with Crippen molar-refractivity contribution < 1.29 is 26.7 Å². The highest BCUT2D eigenvalue weighted by Gasteiger charge is 2.51. The molecule has 0 saturated heterocycles. The molecule has 200 valence electrons. The summed E-state index contributed by atoms with van der Waals surface area (Å²) in [5.74, 6) is 0.166. The maximum Gasteiger partial charge on any atom is 0.421 e. The topological polar surface area (TPSA) is 118 Å². The number of nitrogens with one attached hydrogen (secondary N) is 1. The summed E-state index contributed by atoms with van der Waals surface area (Å²) >= 11 is 7.65. The summed E-state index contributed by atoms with van der Waals surface area (Å²) in [6.07, 6.45) is -2.56. The van der Waals surface area contributed by atoms with Gasteiger partial charge >= 0.3 is 6.18 Å². The van der Waals surface area contributed by atoms with Crippen LogP contribution in [0.25, 0.3) is 21.3 Å². The smallest absolute Gasteiger partial charge is 0.384 e. The minimum absolute atomic E-state index is 0.166. The van der Waals surface area contributed by atoms with Crippen molar-refractivity contribution >= 4 is 48.9 Å². The average Bonchev–Trinajstić information content (AvgIpc) is 3.63. The van der Waals surface area contributed by atoms with E-state index in [9.17, 15) is 26.7 Å². The van der Waals surface area contributed by atoms with Gasteiger partial charge in [-0.3, -0.25) is 4.98 Å². The number of benzene rings is 1. The largest absolute Gasteiger partial charge is 0.421 e. The Morgan fingerprint density at radius 1 is 1.18 bits per heavy atom. The Labute approximate surface area is 225 Å². The Morgan fingerprint density at radius 3 is 2.61 bits per heavy atom. The zero-order valence-corrected chi connectivity index (χ0v) is 22.2. The van der Waals surface area contributed by atoms with Gasteiger partial charge in [-0.2, -0.15) is 13.2 Å². The number of anilines is 1. The number of nitrogens with zero attached hydrogens (tertiary/aromatic N) is 2. The third kappa shape index (κ3) is 4.98. The van der Waals surface area contributed by atoms with E-state index in [1.165, 1.54) is 29.7 Å². The molecule has 13 heteroatoms. The molecule has 4 aromatic rings. The van der Waals surface area contributed by atoms with E-state index in [4.69, 9.17) is 17.3 Å². The first-order chi connectivity index (χ1) is 17.8. The molecule has 1 aliphatic carbocycles. The molecule has 1 fully saturated rings. The van der Waals surface area contributed by atoms with Crippen LogP contribution in [-0.2, 0) is 15.6 Å². The molecule has 0 aliphatic heterocycles. The van der Waals surface area contributed by atoms with Crippen molar-refractivity contribution in [2.45, 2.75) is 42.8 Å². The van der Waals surface area contributed by atoms with Crippen LogP contribution in [0, 0.1) is 0 Å². The number of aromatic nitrogens is 2. The number of rotatable bonds is 7.